The number of piperazine rings is 1. The number of hydrogen-bond acceptors (Lipinski definition) is 4. The Labute approximate surface area is 184 Å². The average molecular weight is 432 g/mol. The molecule has 1 aromatic carbocycles. The van der Waals surface area contributed by atoms with E-state index in [9.17, 15) is 4.79 Å². The van der Waals surface area contributed by atoms with E-state index in [2.05, 4.69) is 33.9 Å². The lowest BCUT2D eigenvalue weighted by atomic mass is 9.78. The van der Waals surface area contributed by atoms with Crippen molar-refractivity contribution in [2.45, 2.75) is 51.5 Å². The molecule has 1 aliphatic carbocycles. The molecule has 1 aromatic heterocycles. The van der Waals surface area contributed by atoms with E-state index < -0.39 is 0 Å². The predicted molar refractivity (Wildman–Crippen MR) is 122 cm³/mol. The standard InChI is InChI=1S/C23H34ClN5O/c1-3-28-10-12-29(13-11-28)16(2)15-25-23(30)19-7-5-4-6-18(19)22-26-20-9-8-17(24)14-21(20)27-22/h8-9,14,16,18-19H,3-7,10-13,15H2,1-2H3,(H,25,30)(H,26,27)/t16-,18-,19-/m1/s1. The van der Waals surface area contributed by atoms with Crippen LogP contribution in [0.15, 0.2) is 18.2 Å². The van der Waals surface area contributed by atoms with Crippen molar-refractivity contribution in [3.05, 3.63) is 29.0 Å². The summed E-state index contributed by atoms with van der Waals surface area (Å²) in [4.78, 5) is 26.3. The Balaban J connectivity index is 1.38. The Morgan fingerprint density at radius 1 is 1.27 bits per heavy atom. The molecule has 164 valence electrons. The summed E-state index contributed by atoms with van der Waals surface area (Å²) in [5.74, 6) is 1.24. The monoisotopic (exact) mass is 431 g/mol. The summed E-state index contributed by atoms with van der Waals surface area (Å²) in [5.41, 5.74) is 1.86. The van der Waals surface area contributed by atoms with Gasteiger partial charge in [-0.05, 0) is 44.5 Å². The van der Waals surface area contributed by atoms with Gasteiger partial charge in [-0.1, -0.05) is 31.4 Å². The molecule has 2 N–H and O–H groups in total. The molecule has 6 nitrogen and oxygen atoms in total. The number of hydrogen-bond donors (Lipinski definition) is 2. The number of carbonyl (C=O) groups excluding carboxylic acids is 1. The molecule has 4 rings (SSSR count). The van der Waals surface area contributed by atoms with E-state index in [1.54, 1.807) is 0 Å². The van der Waals surface area contributed by atoms with Crippen molar-refractivity contribution in [1.82, 2.24) is 25.1 Å². The highest BCUT2D eigenvalue weighted by Gasteiger charge is 2.34. The van der Waals surface area contributed by atoms with Crippen LogP contribution in [-0.2, 0) is 4.79 Å². The Morgan fingerprint density at radius 2 is 2.03 bits per heavy atom. The zero-order chi connectivity index (χ0) is 21.1. The number of aromatic amines is 1. The molecule has 0 spiro atoms. The number of likely N-dealkylation sites (N-methyl/N-ethyl adjacent to an activating group) is 1. The number of benzene rings is 1. The lowest BCUT2D eigenvalue weighted by Gasteiger charge is -2.38. The lowest BCUT2D eigenvalue weighted by Crippen LogP contribution is -2.52. The van der Waals surface area contributed by atoms with E-state index in [0.717, 1.165) is 75.3 Å². The minimum Gasteiger partial charge on any atom is -0.354 e. The summed E-state index contributed by atoms with van der Waals surface area (Å²) in [6.07, 6.45) is 4.18. The second-order valence-electron chi connectivity index (χ2n) is 8.85. The van der Waals surface area contributed by atoms with Crippen LogP contribution in [0.2, 0.25) is 5.02 Å². The first-order chi connectivity index (χ1) is 14.5. The number of rotatable bonds is 6. The van der Waals surface area contributed by atoms with Crippen LogP contribution < -0.4 is 5.32 Å². The van der Waals surface area contributed by atoms with Crippen LogP contribution in [-0.4, -0.2) is 71.0 Å². The van der Waals surface area contributed by atoms with Crippen LogP contribution in [0.4, 0.5) is 0 Å². The summed E-state index contributed by atoms with van der Waals surface area (Å²) in [6, 6.07) is 6.07. The van der Waals surface area contributed by atoms with Crippen LogP contribution >= 0.6 is 11.6 Å². The van der Waals surface area contributed by atoms with Crippen LogP contribution in [0.5, 0.6) is 0 Å². The van der Waals surface area contributed by atoms with Gasteiger partial charge in [0.25, 0.3) is 0 Å². The Morgan fingerprint density at radius 3 is 2.80 bits per heavy atom. The number of aromatic nitrogens is 2. The molecule has 2 fully saturated rings. The minimum atomic E-state index is -0.0149. The molecule has 2 aliphatic rings. The number of halogens is 1. The highest BCUT2D eigenvalue weighted by Crippen LogP contribution is 2.37. The van der Waals surface area contributed by atoms with Gasteiger partial charge in [0.05, 0.1) is 11.0 Å². The zero-order valence-electron chi connectivity index (χ0n) is 18.2. The number of imidazole rings is 1. The van der Waals surface area contributed by atoms with Gasteiger partial charge in [-0.15, -0.1) is 0 Å². The molecule has 2 aromatic rings. The van der Waals surface area contributed by atoms with Gasteiger partial charge in [-0.3, -0.25) is 9.69 Å². The fraction of sp³-hybridized carbons (Fsp3) is 0.652. The highest BCUT2D eigenvalue weighted by atomic mass is 35.5. The summed E-state index contributed by atoms with van der Waals surface area (Å²) >= 11 is 6.13. The van der Waals surface area contributed by atoms with Crippen molar-refractivity contribution >= 4 is 28.5 Å². The van der Waals surface area contributed by atoms with E-state index in [4.69, 9.17) is 16.6 Å². The minimum absolute atomic E-state index is 0.0149. The SMILES string of the molecule is CCN1CCN([C@H](C)CNC(=O)[C@@H]2CCCC[C@H]2c2nc3ccc(Cl)cc3[nH]2)CC1. The van der Waals surface area contributed by atoms with Gasteiger partial charge < -0.3 is 15.2 Å². The molecule has 1 saturated carbocycles. The molecular formula is C23H34ClN5O. The second-order valence-corrected chi connectivity index (χ2v) is 9.28. The number of nitrogens with one attached hydrogen (secondary N) is 2. The first-order valence-corrected chi connectivity index (χ1v) is 11.8. The van der Waals surface area contributed by atoms with E-state index in [0.29, 0.717) is 17.6 Å². The third-order valence-corrected chi connectivity index (χ3v) is 7.20. The number of H-pyrrole nitrogens is 1. The highest BCUT2D eigenvalue weighted by molar-refractivity contribution is 6.31. The van der Waals surface area contributed by atoms with Crippen LogP contribution in [0.25, 0.3) is 11.0 Å². The van der Waals surface area contributed by atoms with E-state index in [-0.39, 0.29) is 17.7 Å². The molecule has 7 heteroatoms. The van der Waals surface area contributed by atoms with Gasteiger partial charge in [0.1, 0.15) is 5.82 Å². The third-order valence-electron chi connectivity index (χ3n) is 6.97. The first kappa shape index (κ1) is 21.6. The second kappa shape index (κ2) is 9.67. The Kier molecular flexibility index (Phi) is 6.96. The van der Waals surface area contributed by atoms with Gasteiger partial charge in [0.15, 0.2) is 0 Å². The van der Waals surface area contributed by atoms with Crippen LogP contribution in [0.1, 0.15) is 51.3 Å². The molecular weight excluding hydrogens is 398 g/mol. The first-order valence-electron chi connectivity index (χ1n) is 11.4. The molecule has 0 bridgehead atoms. The van der Waals surface area contributed by atoms with Crippen molar-refractivity contribution in [3.63, 3.8) is 0 Å². The number of nitrogens with zero attached hydrogens (tertiary/aromatic N) is 3. The molecule has 3 atom stereocenters. The normalized spacial score (nSPS) is 24.8. The molecule has 2 heterocycles. The summed E-state index contributed by atoms with van der Waals surface area (Å²) in [5, 5.41) is 3.96. The molecule has 30 heavy (non-hydrogen) atoms. The molecule has 0 radical (unpaired) electrons. The van der Waals surface area contributed by atoms with E-state index in [1.807, 2.05) is 18.2 Å². The van der Waals surface area contributed by atoms with Crippen LogP contribution in [0, 0.1) is 5.92 Å². The van der Waals surface area contributed by atoms with E-state index >= 15 is 0 Å². The van der Waals surface area contributed by atoms with E-state index in [1.165, 1.54) is 0 Å². The smallest absolute Gasteiger partial charge is 0.223 e. The quantitative estimate of drug-likeness (QED) is 0.733. The molecule has 0 unspecified atom stereocenters. The topological polar surface area (TPSA) is 64.3 Å². The van der Waals surface area contributed by atoms with Crippen molar-refractivity contribution in [1.29, 1.82) is 0 Å². The number of amides is 1. The summed E-state index contributed by atoms with van der Waals surface area (Å²) < 4.78 is 0. The fourth-order valence-electron chi connectivity index (χ4n) is 4.98. The maximum atomic E-state index is 13.1. The Bertz CT molecular complexity index is 860. The maximum Gasteiger partial charge on any atom is 0.223 e. The predicted octanol–water partition coefficient (Wildman–Crippen LogP) is 3.63. The van der Waals surface area contributed by atoms with Gasteiger partial charge in [-0.25, -0.2) is 4.98 Å². The third kappa shape index (κ3) is 4.82. The van der Waals surface area contributed by atoms with Crippen molar-refractivity contribution in [2.75, 3.05) is 39.3 Å². The molecule has 1 amide bonds. The summed E-state index contributed by atoms with van der Waals surface area (Å²) in [7, 11) is 0. The van der Waals surface area contributed by atoms with Crippen molar-refractivity contribution in [2.24, 2.45) is 5.92 Å². The van der Waals surface area contributed by atoms with Gasteiger partial charge in [0, 0.05) is 55.6 Å². The molecule has 1 saturated heterocycles. The van der Waals surface area contributed by atoms with Crippen molar-refractivity contribution in [3.8, 4) is 0 Å². The summed E-state index contributed by atoms with van der Waals surface area (Å²) in [6.45, 7) is 10.7. The number of fused-ring (bicyclic) bond motifs is 1. The fourth-order valence-corrected chi connectivity index (χ4v) is 5.15. The maximum absolute atomic E-state index is 13.1. The van der Waals surface area contributed by atoms with Crippen molar-refractivity contribution < 1.29 is 4.79 Å². The zero-order valence-corrected chi connectivity index (χ0v) is 18.9. The largest absolute Gasteiger partial charge is 0.354 e. The molecule has 1 aliphatic heterocycles. The lowest BCUT2D eigenvalue weighted by molar-refractivity contribution is -0.126. The Hall–Kier alpha value is -1.63. The van der Waals surface area contributed by atoms with Gasteiger partial charge in [-0.2, -0.15) is 0 Å². The van der Waals surface area contributed by atoms with Gasteiger partial charge >= 0.3 is 0 Å². The number of carbonyl (C=O) groups is 1. The van der Waals surface area contributed by atoms with Gasteiger partial charge in [0.2, 0.25) is 5.91 Å². The van der Waals surface area contributed by atoms with Crippen LogP contribution in [0.3, 0.4) is 0 Å². The average Bonchev–Trinajstić information content (AvgIpc) is 3.20.